The molecule has 5 aromatic rings. The summed E-state index contributed by atoms with van der Waals surface area (Å²) < 4.78 is 0. The van der Waals surface area contributed by atoms with Crippen LogP contribution in [0.4, 0.5) is 0 Å². The molecule has 0 spiro atoms. The van der Waals surface area contributed by atoms with Crippen molar-refractivity contribution in [3.8, 4) is 0 Å². The second kappa shape index (κ2) is 5.71. The first-order valence-corrected chi connectivity index (χ1v) is 9.91. The molecule has 5 aromatic carbocycles. The summed E-state index contributed by atoms with van der Waals surface area (Å²) in [5.74, 6) is 0. The van der Waals surface area contributed by atoms with Gasteiger partial charge < -0.3 is 0 Å². The highest BCUT2D eigenvalue weighted by atomic mass is 14.2. The van der Waals surface area contributed by atoms with Crippen LogP contribution in [0.15, 0.2) is 54.6 Å². The summed E-state index contributed by atoms with van der Waals surface area (Å²) in [6.07, 6.45) is 3.30. The summed E-state index contributed by atoms with van der Waals surface area (Å²) in [5.41, 5.74) is 4.69. The van der Waals surface area contributed by atoms with Crippen LogP contribution in [0.2, 0.25) is 0 Å². The number of benzene rings is 5. The summed E-state index contributed by atoms with van der Waals surface area (Å²) in [4.78, 5) is 0. The van der Waals surface area contributed by atoms with Gasteiger partial charge in [-0.3, -0.25) is 0 Å². The summed E-state index contributed by atoms with van der Waals surface area (Å²) in [6, 6.07) is 20.5. The Kier molecular flexibility index (Phi) is 3.43. The van der Waals surface area contributed by atoms with Crippen LogP contribution in [0.1, 0.15) is 37.5 Å². The maximum Gasteiger partial charge on any atom is -0.00206 e. The molecule has 0 bridgehead atoms. The number of fused-ring (bicyclic) bond motifs is 2. The van der Waals surface area contributed by atoms with Crippen LogP contribution in [0, 0.1) is 0 Å². The number of hydrogen-bond donors (Lipinski definition) is 0. The fourth-order valence-corrected chi connectivity index (χ4v) is 5.24. The highest BCUT2D eigenvalue weighted by molar-refractivity contribution is 6.34. The van der Waals surface area contributed by atoms with E-state index in [9.17, 15) is 0 Å². The molecular formula is C26H24. The molecule has 0 radical (unpaired) electrons. The lowest BCUT2D eigenvalue weighted by atomic mass is 9.81. The van der Waals surface area contributed by atoms with Crippen LogP contribution in [0.5, 0.6) is 0 Å². The third kappa shape index (κ3) is 1.85. The Bertz CT molecular complexity index is 1270. The molecule has 0 nitrogen and oxygen atoms in total. The first-order valence-electron chi connectivity index (χ1n) is 9.91. The van der Waals surface area contributed by atoms with Crippen molar-refractivity contribution in [2.75, 3.05) is 0 Å². The van der Waals surface area contributed by atoms with E-state index in [1.807, 2.05) is 0 Å². The third-order valence-corrected chi connectivity index (χ3v) is 6.19. The predicted molar refractivity (Wildman–Crippen MR) is 116 cm³/mol. The zero-order valence-electron chi connectivity index (χ0n) is 15.8. The molecule has 0 unspecified atom stereocenters. The summed E-state index contributed by atoms with van der Waals surface area (Å²) in [6.45, 7) is 6.94. The minimum absolute atomic E-state index is 1.09. The van der Waals surface area contributed by atoms with Crippen molar-refractivity contribution in [2.24, 2.45) is 0 Å². The van der Waals surface area contributed by atoms with Crippen LogP contribution in [-0.4, -0.2) is 0 Å². The van der Waals surface area contributed by atoms with Gasteiger partial charge in [0.25, 0.3) is 0 Å². The second-order valence-electron chi connectivity index (χ2n) is 7.31. The minimum Gasteiger partial charge on any atom is -0.0613 e. The molecule has 0 saturated heterocycles. The van der Waals surface area contributed by atoms with Gasteiger partial charge in [0.1, 0.15) is 0 Å². The fourth-order valence-electron chi connectivity index (χ4n) is 5.24. The summed E-state index contributed by atoms with van der Waals surface area (Å²) in [7, 11) is 0. The topological polar surface area (TPSA) is 0 Å². The SMILES string of the molecule is CCc1c(CC)c2cccc3c4cccc5cccc(c(c1CC)c23)c54. The summed E-state index contributed by atoms with van der Waals surface area (Å²) in [5, 5.41) is 11.4. The van der Waals surface area contributed by atoms with Crippen molar-refractivity contribution >= 4 is 43.1 Å². The minimum atomic E-state index is 1.09. The Morgan fingerprint density at radius 3 is 1.65 bits per heavy atom. The van der Waals surface area contributed by atoms with Gasteiger partial charge in [-0.1, -0.05) is 75.4 Å². The van der Waals surface area contributed by atoms with Crippen LogP contribution >= 0.6 is 0 Å². The van der Waals surface area contributed by atoms with Crippen molar-refractivity contribution in [2.45, 2.75) is 40.0 Å². The molecule has 0 N–H and O–H groups in total. The second-order valence-corrected chi connectivity index (χ2v) is 7.31. The molecule has 0 fully saturated rings. The standard InChI is InChI=1S/C26H24/c1-4-17-18(5-2)20-13-9-14-22-21-12-7-10-16-11-8-15-23(24(16)21)25(26(20)22)19(17)6-3/h7-15H,4-6H2,1-3H3. The van der Waals surface area contributed by atoms with Crippen LogP contribution in [0.25, 0.3) is 43.1 Å². The van der Waals surface area contributed by atoms with E-state index in [2.05, 4.69) is 75.4 Å². The molecule has 0 aliphatic heterocycles. The number of rotatable bonds is 3. The highest BCUT2D eigenvalue weighted by Gasteiger charge is 2.19. The van der Waals surface area contributed by atoms with E-state index in [1.54, 1.807) is 16.7 Å². The van der Waals surface area contributed by atoms with Crippen LogP contribution in [0.3, 0.4) is 0 Å². The molecule has 0 amide bonds. The molecule has 0 aromatic heterocycles. The molecule has 0 aliphatic rings. The van der Waals surface area contributed by atoms with E-state index in [0.717, 1.165) is 19.3 Å². The van der Waals surface area contributed by atoms with E-state index in [-0.39, 0.29) is 0 Å². The largest absolute Gasteiger partial charge is 0.0613 e. The van der Waals surface area contributed by atoms with Gasteiger partial charge in [0.05, 0.1) is 0 Å². The molecule has 0 heteroatoms. The monoisotopic (exact) mass is 336 g/mol. The van der Waals surface area contributed by atoms with Gasteiger partial charge in [-0.25, -0.2) is 0 Å². The van der Waals surface area contributed by atoms with Crippen molar-refractivity contribution in [3.05, 3.63) is 71.3 Å². The average Bonchev–Trinajstić information content (AvgIpc) is 2.70. The van der Waals surface area contributed by atoms with E-state index in [1.165, 1.54) is 43.1 Å². The van der Waals surface area contributed by atoms with Crippen molar-refractivity contribution in [1.29, 1.82) is 0 Å². The van der Waals surface area contributed by atoms with E-state index < -0.39 is 0 Å². The Morgan fingerprint density at radius 1 is 0.462 bits per heavy atom. The zero-order chi connectivity index (χ0) is 17.8. The molecular weight excluding hydrogens is 312 g/mol. The maximum atomic E-state index is 2.34. The maximum absolute atomic E-state index is 2.34. The normalized spacial score (nSPS) is 12.1. The average molecular weight is 336 g/mol. The molecule has 5 rings (SSSR count). The molecule has 0 saturated carbocycles. The lowest BCUT2D eigenvalue weighted by Gasteiger charge is -2.22. The van der Waals surface area contributed by atoms with Crippen LogP contribution < -0.4 is 0 Å². The van der Waals surface area contributed by atoms with Gasteiger partial charge in [0.2, 0.25) is 0 Å². The van der Waals surface area contributed by atoms with E-state index in [0.29, 0.717) is 0 Å². The Balaban J connectivity index is 2.24. The fraction of sp³-hybridized carbons (Fsp3) is 0.231. The highest BCUT2D eigenvalue weighted by Crippen LogP contribution is 2.44. The first kappa shape index (κ1) is 15.6. The first-order chi connectivity index (χ1) is 12.8. The zero-order valence-corrected chi connectivity index (χ0v) is 15.8. The summed E-state index contributed by atoms with van der Waals surface area (Å²) >= 11 is 0. The molecule has 128 valence electrons. The molecule has 26 heavy (non-hydrogen) atoms. The Hall–Kier alpha value is -2.60. The molecule has 0 atom stereocenters. The van der Waals surface area contributed by atoms with Gasteiger partial charge in [-0.15, -0.1) is 0 Å². The quantitative estimate of drug-likeness (QED) is 0.237. The smallest absolute Gasteiger partial charge is 0.00206 e. The van der Waals surface area contributed by atoms with Gasteiger partial charge in [-0.2, -0.15) is 0 Å². The van der Waals surface area contributed by atoms with E-state index >= 15 is 0 Å². The van der Waals surface area contributed by atoms with Crippen molar-refractivity contribution in [3.63, 3.8) is 0 Å². The van der Waals surface area contributed by atoms with Gasteiger partial charge in [-0.05, 0) is 79.0 Å². The van der Waals surface area contributed by atoms with E-state index in [4.69, 9.17) is 0 Å². The lowest BCUT2D eigenvalue weighted by molar-refractivity contribution is 1.00. The molecule has 0 heterocycles. The predicted octanol–water partition coefficient (Wildman–Crippen LogP) is 7.42. The van der Waals surface area contributed by atoms with Gasteiger partial charge in [0, 0.05) is 0 Å². The number of hydrogen-bond acceptors (Lipinski definition) is 0. The molecule has 0 aliphatic carbocycles. The van der Waals surface area contributed by atoms with Crippen LogP contribution in [-0.2, 0) is 19.3 Å². The van der Waals surface area contributed by atoms with Gasteiger partial charge in [0.15, 0.2) is 0 Å². The van der Waals surface area contributed by atoms with Crippen molar-refractivity contribution < 1.29 is 0 Å². The third-order valence-electron chi connectivity index (χ3n) is 6.19. The van der Waals surface area contributed by atoms with Gasteiger partial charge >= 0.3 is 0 Å². The number of aryl methyl sites for hydroxylation is 2. The Morgan fingerprint density at radius 2 is 1.00 bits per heavy atom. The Labute approximate surface area is 154 Å². The van der Waals surface area contributed by atoms with Crippen molar-refractivity contribution in [1.82, 2.24) is 0 Å². The lowest BCUT2D eigenvalue weighted by Crippen LogP contribution is -2.02.